The van der Waals surface area contributed by atoms with Crippen LogP contribution in [0.15, 0.2) is 24.3 Å². The summed E-state index contributed by atoms with van der Waals surface area (Å²) in [6, 6.07) is 5.77. The van der Waals surface area contributed by atoms with E-state index in [-0.39, 0.29) is 12.3 Å². The number of halogens is 1. The number of benzene rings is 1. The van der Waals surface area contributed by atoms with Crippen molar-refractivity contribution in [3.63, 3.8) is 0 Å². The number of hydrogen-bond acceptors (Lipinski definition) is 4. The zero-order valence-electron chi connectivity index (χ0n) is 9.47. The lowest BCUT2D eigenvalue weighted by Crippen LogP contribution is -2.27. The molecule has 0 radical (unpaired) electrons. The highest BCUT2D eigenvalue weighted by Crippen LogP contribution is 2.33. The summed E-state index contributed by atoms with van der Waals surface area (Å²) < 4.78 is 3.93. The number of esters is 1. The SMILES string of the molecule is CCOC(=O)C(C)(Br)c1ccc([N+](=O)[O-])cc1. The first-order chi connectivity index (χ1) is 7.89. The first-order valence-electron chi connectivity index (χ1n) is 5.00. The van der Waals surface area contributed by atoms with Crippen LogP contribution in [0.3, 0.4) is 0 Å². The van der Waals surface area contributed by atoms with Gasteiger partial charge in [0.25, 0.3) is 5.69 Å². The maximum atomic E-state index is 11.7. The highest BCUT2D eigenvalue weighted by molar-refractivity contribution is 9.10. The smallest absolute Gasteiger partial charge is 0.327 e. The predicted octanol–water partition coefficient (Wildman–Crippen LogP) is 2.77. The summed E-state index contributed by atoms with van der Waals surface area (Å²) in [4.78, 5) is 21.7. The molecule has 0 aliphatic carbocycles. The molecule has 0 heterocycles. The molecule has 0 N–H and O–H groups in total. The Balaban J connectivity index is 2.99. The van der Waals surface area contributed by atoms with E-state index in [2.05, 4.69) is 15.9 Å². The van der Waals surface area contributed by atoms with Crippen molar-refractivity contribution in [3.8, 4) is 0 Å². The van der Waals surface area contributed by atoms with E-state index in [1.54, 1.807) is 13.8 Å². The number of alkyl halides is 1. The Kier molecular flexibility index (Phi) is 4.22. The summed E-state index contributed by atoms with van der Waals surface area (Å²) in [5.74, 6) is -0.422. The molecule has 1 aromatic carbocycles. The van der Waals surface area contributed by atoms with Crippen LogP contribution in [-0.4, -0.2) is 17.5 Å². The molecule has 0 aromatic heterocycles. The fourth-order valence-corrected chi connectivity index (χ4v) is 1.66. The first kappa shape index (κ1) is 13.6. The standard InChI is InChI=1S/C11H12BrNO4/c1-3-17-10(14)11(2,12)8-4-6-9(7-5-8)13(15)16/h4-7H,3H2,1-2H3. The quantitative estimate of drug-likeness (QED) is 0.371. The van der Waals surface area contributed by atoms with Crippen LogP contribution in [-0.2, 0) is 13.9 Å². The molecular formula is C11H12BrNO4. The third-order valence-electron chi connectivity index (χ3n) is 2.28. The molecule has 0 aliphatic rings. The van der Waals surface area contributed by atoms with E-state index in [0.717, 1.165) is 0 Å². The normalized spacial score (nSPS) is 13.8. The maximum absolute atomic E-state index is 11.7. The highest BCUT2D eigenvalue weighted by atomic mass is 79.9. The zero-order valence-corrected chi connectivity index (χ0v) is 11.1. The molecule has 17 heavy (non-hydrogen) atoms. The van der Waals surface area contributed by atoms with Gasteiger partial charge in [0, 0.05) is 12.1 Å². The maximum Gasteiger partial charge on any atom is 0.327 e. The van der Waals surface area contributed by atoms with Crippen LogP contribution >= 0.6 is 15.9 Å². The van der Waals surface area contributed by atoms with Crippen molar-refractivity contribution < 1.29 is 14.5 Å². The van der Waals surface area contributed by atoms with Gasteiger partial charge >= 0.3 is 5.97 Å². The van der Waals surface area contributed by atoms with E-state index < -0.39 is 15.2 Å². The Bertz CT molecular complexity index is 428. The minimum absolute atomic E-state index is 0.0130. The van der Waals surface area contributed by atoms with Crippen molar-refractivity contribution in [1.82, 2.24) is 0 Å². The van der Waals surface area contributed by atoms with Crippen LogP contribution in [0, 0.1) is 10.1 Å². The second-order valence-corrected chi connectivity index (χ2v) is 5.11. The van der Waals surface area contributed by atoms with E-state index in [4.69, 9.17) is 4.74 Å². The minimum atomic E-state index is -0.988. The van der Waals surface area contributed by atoms with Gasteiger partial charge in [-0.2, -0.15) is 0 Å². The van der Waals surface area contributed by atoms with Gasteiger partial charge in [0.1, 0.15) is 4.32 Å². The molecule has 0 spiro atoms. The fraction of sp³-hybridized carbons (Fsp3) is 0.364. The van der Waals surface area contributed by atoms with Crippen molar-refractivity contribution >= 4 is 27.6 Å². The van der Waals surface area contributed by atoms with Gasteiger partial charge in [0.15, 0.2) is 0 Å². The average Bonchev–Trinajstić information content (AvgIpc) is 2.29. The molecule has 1 aromatic rings. The van der Waals surface area contributed by atoms with E-state index >= 15 is 0 Å². The Labute approximate surface area is 107 Å². The molecule has 0 amide bonds. The number of nitrogens with zero attached hydrogens (tertiary/aromatic N) is 1. The number of non-ortho nitro benzene ring substituents is 1. The van der Waals surface area contributed by atoms with Crippen molar-refractivity contribution in [3.05, 3.63) is 39.9 Å². The lowest BCUT2D eigenvalue weighted by molar-refractivity contribution is -0.384. The van der Waals surface area contributed by atoms with Gasteiger partial charge in [0.05, 0.1) is 11.5 Å². The van der Waals surface area contributed by atoms with Crippen molar-refractivity contribution in [2.24, 2.45) is 0 Å². The molecule has 1 unspecified atom stereocenters. The number of hydrogen-bond donors (Lipinski definition) is 0. The van der Waals surface area contributed by atoms with Crippen molar-refractivity contribution in [2.75, 3.05) is 6.61 Å². The van der Waals surface area contributed by atoms with Crippen molar-refractivity contribution in [1.29, 1.82) is 0 Å². The largest absolute Gasteiger partial charge is 0.465 e. The highest BCUT2D eigenvalue weighted by Gasteiger charge is 2.33. The summed E-state index contributed by atoms with van der Waals surface area (Å²) in [5, 5.41) is 10.5. The van der Waals surface area contributed by atoms with Crippen LogP contribution in [0.1, 0.15) is 19.4 Å². The second-order valence-electron chi connectivity index (χ2n) is 3.53. The molecule has 0 aliphatic heterocycles. The number of nitro benzene ring substituents is 1. The predicted molar refractivity (Wildman–Crippen MR) is 66.0 cm³/mol. The fourth-order valence-electron chi connectivity index (χ4n) is 1.28. The third kappa shape index (κ3) is 3.03. The van der Waals surface area contributed by atoms with Gasteiger partial charge in [0.2, 0.25) is 0 Å². The van der Waals surface area contributed by atoms with Gasteiger partial charge < -0.3 is 4.74 Å². The Morgan fingerprint density at radius 2 is 2.00 bits per heavy atom. The summed E-state index contributed by atoms with van der Waals surface area (Å²) in [5.41, 5.74) is 0.599. The Morgan fingerprint density at radius 1 is 1.47 bits per heavy atom. The number of carbonyl (C=O) groups is 1. The zero-order chi connectivity index (χ0) is 13.1. The molecule has 0 saturated heterocycles. The molecule has 92 valence electrons. The molecule has 0 saturated carbocycles. The van der Waals surface area contributed by atoms with Crippen LogP contribution in [0.5, 0.6) is 0 Å². The minimum Gasteiger partial charge on any atom is -0.465 e. The van der Waals surface area contributed by atoms with E-state index in [1.807, 2.05) is 0 Å². The van der Waals surface area contributed by atoms with Gasteiger partial charge in [-0.3, -0.25) is 14.9 Å². The number of ether oxygens (including phenoxy) is 1. The molecule has 1 rings (SSSR count). The Hall–Kier alpha value is -1.43. The number of carbonyl (C=O) groups excluding carboxylic acids is 1. The van der Waals surface area contributed by atoms with Gasteiger partial charge in [-0.1, -0.05) is 28.1 Å². The molecule has 5 nitrogen and oxygen atoms in total. The third-order valence-corrected chi connectivity index (χ3v) is 3.06. The van der Waals surface area contributed by atoms with Gasteiger partial charge in [-0.05, 0) is 19.4 Å². The first-order valence-corrected chi connectivity index (χ1v) is 5.80. The molecule has 0 bridgehead atoms. The Morgan fingerprint density at radius 3 is 2.41 bits per heavy atom. The number of nitro groups is 1. The summed E-state index contributed by atoms with van der Waals surface area (Å²) in [6.07, 6.45) is 0. The van der Waals surface area contributed by atoms with Crippen molar-refractivity contribution in [2.45, 2.75) is 18.2 Å². The van der Waals surface area contributed by atoms with Gasteiger partial charge in [-0.15, -0.1) is 0 Å². The summed E-state index contributed by atoms with van der Waals surface area (Å²) in [7, 11) is 0. The van der Waals surface area contributed by atoms with E-state index in [1.165, 1.54) is 24.3 Å². The number of rotatable bonds is 4. The summed E-state index contributed by atoms with van der Waals surface area (Å²) >= 11 is 3.27. The van der Waals surface area contributed by atoms with E-state index in [9.17, 15) is 14.9 Å². The van der Waals surface area contributed by atoms with Crippen LogP contribution in [0.2, 0.25) is 0 Å². The lowest BCUT2D eigenvalue weighted by Gasteiger charge is -2.20. The second kappa shape index (κ2) is 5.27. The molecule has 0 fully saturated rings. The van der Waals surface area contributed by atoms with Crippen LogP contribution < -0.4 is 0 Å². The average molecular weight is 302 g/mol. The van der Waals surface area contributed by atoms with E-state index in [0.29, 0.717) is 5.56 Å². The molecule has 6 heteroatoms. The topological polar surface area (TPSA) is 69.4 Å². The molecular weight excluding hydrogens is 290 g/mol. The summed E-state index contributed by atoms with van der Waals surface area (Å²) in [6.45, 7) is 3.65. The monoisotopic (exact) mass is 301 g/mol. The van der Waals surface area contributed by atoms with Gasteiger partial charge in [-0.25, -0.2) is 0 Å². The molecule has 1 atom stereocenters. The van der Waals surface area contributed by atoms with Crippen LogP contribution in [0.25, 0.3) is 0 Å². The lowest BCUT2D eigenvalue weighted by atomic mass is 10.0. The van der Waals surface area contributed by atoms with Crippen LogP contribution in [0.4, 0.5) is 5.69 Å².